The summed E-state index contributed by atoms with van der Waals surface area (Å²) in [5.74, 6) is 0.831. The van der Waals surface area contributed by atoms with Crippen LogP contribution in [0.15, 0.2) is 40.9 Å². The van der Waals surface area contributed by atoms with Gasteiger partial charge < -0.3 is 10.6 Å². The summed E-state index contributed by atoms with van der Waals surface area (Å²) in [5, 5.41) is 0. The van der Waals surface area contributed by atoms with Gasteiger partial charge in [-0.2, -0.15) is 0 Å². The zero-order chi connectivity index (χ0) is 13.1. The number of pyridine rings is 1. The Morgan fingerprint density at radius 2 is 1.83 bits per heavy atom. The molecule has 2 aromatic rings. The summed E-state index contributed by atoms with van der Waals surface area (Å²) < 4.78 is 1.09. The number of nitrogens with two attached hydrogens (primary N) is 1. The first kappa shape index (κ1) is 12.9. The van der Waals surface area contributed by atoms with Crippen molar-refractivity contribution in [2.75, 3.05) is 17.7 Å². The van der Waals surface area contributed by atoms with Crippen LogP contribution >= 0.6 is 15.9 Å². The lowest BCUT2D eigenvalue weighted by molar-refractivity contribution is 0.894. The summed E-state index contributed by atoms with van der Waals surface area (Å²) in [6, 6.07) is 12.1. The minimum absolute atomic E-state index is 0.709. The lowest BCUT2D eigenvalue weighted by atomic mass is 10.2. The number of hydrogen-bond donors (Lipinski definition) is 1. The summed E-state index contributed by atoms with van der Waals surface area (Å²) in [5.41, 5.74) is 8.86. The molecule has 0 amide bonds. The molecule has 94 valence electrons. The minimum atomic E-state index is 0.709. The van der Waals surface area contributed by atoms with E-state index in [4.69, 9.17) is 5.73 Å². The van der Waals surface area contributed by atoms with Crippen molar-refractivity contribution in [2.24, 2.45) is 0 Å². The van der Waals surface area contributed by atoms with Gasteiger partial charge in [-0.3, -0.25) is 0 Å². The first-order valence-electron chi connectivity index (χ1n) is 5.75. The fourth-order valence-electron chi connectivity index (χ4n) is 1.80. The zero-order valence-electron chi connectivity index (χ0n) is 10.5. The molecule has 0 fully saturated rings. The van der Waals surface area contributed by atoms with Crippen LogP contribution < -0.4 is 10.6 Å². The number of aryl methyl sites for hydroxylation is 1. The topological polar surface area (TPSA) is 42.1 Å². The van der Waals surface area contributed by atoms with Crippen molar-refractivity contribution in [3.8, 4) is 0 Å². The van der Waals surface area contributed by atoms with E-state index in [9.17, 15) is 0 Å². The molecular formula is C14H16BrN3. The molecule has 0 aliphatic carbocycles. The highest BCUT2D eigenvalue weighted by Crippen LogP contribution is 2.21. The normalized spacial score (nSPS) is 10.4. The van der Waals surface area contributed by atoms with E-state index in [1.54, 1.807) is 0 Å². The number of nitrogen functional groups attached to an aromatic ring is 1. The Bertz CT molecular complexity index is 537. The van der Waals surface area contributed by atoms with E-state index < -0.39 is 0 Å². The van der Waals surface area contributed by atoms with Crippen molar-refractivity contribution in [1.29, 1.82) is 0 Å². The molecule has 1 heterocycles. The Morgan fingerprint density at radius 3 is 2.50 bits per heavy atom. The fourth-order valence-corrected chi connectivity index (χ4v) is 2.06. The highest BCUT2D eigenvalue weighted by molar-refractivity contribution is 9.10. The van der Waals surface area contributed by atoms with Crippen molar-refractivity contribution < 1.29 is 0 Å². The average molecular weight is 306 g/mol. The van der Waals surface area contributed by atoms with Gasteiger partial charge in [0.2, 0.25) is 0 Å². The van der Waals surface area contributed by atoms with E-state index in [2.05, 4.69) is 37.9 Å². The number of benzene rings is 1. The van der Waals surface area contributed by atoms with E-state index in [0.29, 0.717) is 5.69 Å². The van der Waals surface area contributed by atoms with Gasteiger partial charge in [-0.15, -0.1) is 0 Å². The molecule has 0 radical (unpaired) electrons. The summed E-state index contributed by atoms with van der Waals surface area (Å²) in [6.45, 7) is 2.75. The second-order valence-electron chi connectivity index (χ2n) is 4.35. The van der Waals surface area contributed by atoms with Crippen LogP contribution in [0.25, 0.3) is 0 Å². The SMILES string of the molecule is Cc1ccc(N)c(N(C)Cc2ccc(Br)cc2)n1. The van der Waals surface area contributed by atoms with Crippen molar-refractivity contribution in [3.63, 3.8) is 0 Å². The molecule has 0 unspecified atom stereocenters. The maximum atomic E-state index is 5.96. The first-order valence-corrected chi connectivity index (χ1v) is 6.54. The smallest absolute Gasteiger partial charge is 0.152 e. The standard InChI is InChI=1S/C14H16BrN3/c1-10-3-8-13(16)14(17-10)18(2)9-11-4-6-12(15)7-5-11/h3-8H,9,16H2,1-2H3. The van der Waals surface area contributed by atoms with Gasteiger partial charge in [-0.1, -0.05) is 28.1 Å². The van der Waals surface area contributed by atoms with Crippen molar-refractivity contribution >= 4 is 27.4 Å². The molecule has 2 rings (SSSR count). The van der Waals surface area contributed by atoms with Crippen molar-refractivity contribution in [2.45, 2.75) is 13.5 Å². The maximum absolute atomic E-state index is 5.96. The van der Waals surface area contributed by atoms with Crippen molar-refractivity contribution in [3.05, 3.63) is 52.1 Å². The molecule has 0 aliphatic rings. The number of rotatable bonds is 3. The molecule has 0 saturated carbocycles. The Hall–Kier alpha value is -1.55. The summed E-state index contributed by atoms with van der Waals surface area (Å²) in [6.07, 6.45) is 0. The van der Waals surface area contributed by atoms with Gasteiger partial charge in [-0.25, -0.2) is 4.98 Å². The van der Waals surface area contributed by atoms with E-state index in [-0.39, 0.29) is 0 Å². The quantitative estimate of drug-likeness (QED) is 0.945. The lowest BCUT2D eigenvalue weighted by Gasteiger charge is -2.20. The molecule has 4 heteroatoms. The third-order valence-electron chi connectivity index (χ3n) is 2.74. The number of anilines is 2. The van der Waals surface area contributed by atoms with E-state index in [0.717, 1.165) is 22.5 Å². The minimum Gasteiger partial charge on any atom is -0.396 e. The molecule has 0 bridgehead atoms. The van der Waals surface area contributed by atoms with Crippen LogP contribution in [0.1, 0.15) is 11.3 Å². The van der Waals surface area contributed by atoms with Gasteiger partial charge in [0.05, 0.1) is 5.69 Å². The Morgan fingerprint density at radius 1 is 1.17 bits per heavy atom. The molecule has 0 aliphatic heterocycles. The third-order valence-corrected chi connectivity index (χ3v) is 3.27. The molecule has 18 heavy (non-hydrogen) atoms. The predicted octanol–water partition coefficient (Wildman–Crippen LogP) is 3.37. The summed E-state index contributed by atoms with van der Waals surface area (Å²) >= 11 is 3.43. The third kappa shape index (κ3) is 3.01. The average Bonchev–Trinajstić information content (AvgIpc) is 2.35. The summed E-state index contributed by atoms with van der Waals surface area (Å²) in [7, 11) is 2.00. The largest absolute Gasteiger partial charge is 0.396 e. The summed E-state index contributed by atoms with van der Waals surface area (Å²) in [4.78, 5) is 6.54. The number of hydrogen-bond acceptors (Lipinski definition) is 3. The Kier molecular flexibility index (Phi) is 3.87. The number of halogens is 1. The van der Waals surface area contributed by atoms with Gasteiger partial charge in [0.1, 0.15) is 0 Å². The molecule has 1 aromatic carbocycles. The van der Waals surface area contributed by atoms with E-state index in [1.165, 1.54) is 5.56 Å². The van der Waals surface area contributed by atoms with Gasteiger partial charge in [0, 0.05) is 23.8 Å². The zero-order valence-corrected chi connectivity index (χ0v) is 12.1. The van der Waals surface area contributed by atoms with Crippen LogP contribution in [-0.4, -0.2) is 12.0 Å². The molecule has 0 spiro atoms. The molecule has 0 saturated heterocycles. The highest BCUT2D eigenvalue weighted by Gasteiger charge is 2.07. The van der Waals surface area contributed by atoms with Crippen LogP contribution in [0.3, 0.4) is 0 Å². The molecular weight excluding hydrogens is 290 g/mol. The Balaban J connectivity index is 2.18. The van der Waals surface area contributed by atoms with E-state index in [1.807, 2.05) is 38.2 Å². The fraction of sp³-hybridized carbons (Fsp3) is 0.214. The Labute approximate surface area is 116 Å². The van der Waals surface area contributed by atoms with Crippen LogP contribution in [0.5, 0.6) is 0 Å². The molecule has 2 N–H and O–H groups in total. The van der Waals surface area contributed by atoms with Gasteiger partial charge in [0.15, 0.2) is 5.82 Å². The van der Waals surface area contributed by atoms with Gasteiger partial charge >= 0.3 is 0 Å². The monoisotopic (exact) mass is 305 g/mol. The number of nitrogens with zero attached hydrogens (tertiary/aromatic N) is 2. The van der Waals surface area contributed by atoms with Crippen LogP contribution in [0.4, 0.5) is 11.5 Å². The maximum Gasteiger partial charge on any atom is 0.152 e. The second-order valence-corrected chi connectivity index (χ2v) is 5.26. The van der Waals surface area contributed by atoms with Crippen molar-refractivity contribution in [1.82, 2.24) is 4.98 Å². The van der Waals surface area contributed by atoms with E-state index >= 15 is 0 Å². The molecule has 1 aromatic heterocycles. The van der Waals surface area contributed by atoms with Crippen LogP contribution in [0, 0.1) is 6.92 Å². The van der Waals surface area contributed by atoms with Gasteiger partial charge in [0.25, 0.3) is 0 Å². The first-order chi connectivity index (χ1) is 8.56. The lowest BCUT2D eigenvalue weighted by Crippen LogP contribution is -2.19. The predicted molar refractivity (Wildman–Crippen MR) is 79.6 cm³/mol. The highest BCUT2D eigenvalue weighted by atomic mass is 79.9. The molecule has 3 nitrogen and oxygen atoms in total. The second kappa shape index (κ2) is 5.40. The van der Waals surface area contributed by atoms with Gasteiger partial charge in [-0.05, 0) is 36.8 Å². The number of aromatic nitrogens is 1. The van der Waals surface area contributed by atoms with Crippen LogP contribution in [-0.2, 0) is 6.54 Å². The van der Waals surface area contributed by atoms with Crippen LogP contribution in [0.2, 0.25) is 0 Å². The molecule has 0 atom stereocenters.